The van der Waals surface area contributed by atoms with Crippen molar-refractivity contribution in [3.05, 3.63) is 58.9 Å². The largest absolute Gasteiger partial charge is 0.348 e. The van der Waals surface area contributed by atoms with Crippen LogP contribution in [0.25, 0.3) is 5.69 Å². The summed E-state index contributed by atoms with van der Waals surface area (Å²) >= 11 is 0. The summed E-state index contributed by atoms with van der Waals surface area (Å²) in [5, 5.41) is 11.1. The molecule has 0 unspecified atom stereocenters. The second-order valence-corrected chi connectivity index (χ2v) is 7.92. The number of benzene rings is 1. The van der Waals surface area contributed by atoms with E-state index in [1.54, 1.807) is 4.68 Å². The van der Waals surface area contributed by atoms with Crippen LogP contribution < -0.4 is 10.6 Å². The van der Waals surface area contributed by atoms with Crippen LogP contribution in [0, 0.1) is 6.92 Å². The van der Waals surface area contributed by atoms with Gasteiger partial charge in [-0.2, -0.15) is 5.10 Å². The molecule has 2 N–H and O–H groups in total. The van der Waals surface area contributed by atoms with Gasteiger partial charge in [-0.15, -0.1) is 12.4 Å². The Morgan fingerprint density at radius 2 is 1.96 bits per heavy atom. The highest BCUT2D eigenvalue weighted by Crippen LogP contribution is 2.26. The molecule has 0 aliphatic carbocycles. The molecule has 27 heavy (non-hydrogen) atoms. The molecule has 1 aliphatic heterocycles. The van der Waals surface area contributed by atoms with E-state index >= 15 is 0 Å². The van der Waals surface area contributed by atoms with Crippen LogP contribution in [0.3, 0.4) is 0 Å². The lowest BCUT2D eigenvalue weighted by Gasteiger charge is -2.18. The van der Waals surface area contributed by atoms with Crippen LogP contribution in [0.15, 0.2) is 42.1 Å². The minimum atomic E-state index is -0.212. The molecule has 0 radical (unpaired) electrons. The molecular formula is C21H29ClN4O. The molecule has 1 amide bonds. The van der Waals surface area contributed by atoms with Crippen molar-refractivity contribution in [3.63, 3.8) is 0 Å². The quantitative estimate of drug-likeness (QED) is 0.787. The van der Waals surface area contributed by atoms with E-state index in [9.17, 15) is 4.79 Å². The van der Waals surface area contributed by atoms with Gasteiger partial charge in [-0.1, -0.05) is 50.1 Å². The van der Waals surface area contributed by atoms with Crippen molar-refractivity contribution in [1.29, 1.82) is 0 Å². The summed E-state index contributed by atoms with van der Waals surface area (Å²) in [5.41, 5.74) is 4.69. The summed E-state index contributed by atoms with van der Waals surface area (Å²) in [6, 6.07) is 8.15. The Labute approximate surface area is 167 Å². The van der Waals surface area contributed by atoms with Crippen molar-refractivity contribution in [2.45, 2.75) is 39.5 Å². The van der Waals surface area contributed by atoms with E-state index in [4.69, 9.17) is 5.10 Å². The number of hydrogen-bond donors (Lipinski definition) is 2. The molecule has 2 heterocycles. The van der Waals surface area contributed by atoms with E-state index in [0.29, 0.717) is 12.1 Å². The summed E-state index contributed by atoms with van der Waals surface area (Å²) in [5.74, 6) is -0.0623. The average Bonchev–Trinajstić information content (AvgIpc) is 3.07. The number of nitrogens with one attached hydrogen (secondary N) is 2. The second kappa shape index (κ2) is 8.72. The SMILES string of the molecule is Cc1ccc(-n2cc(C(=O)NCC3=CCNCC3)c(C(C)(C)C)n2)cc1.Cl. The van der Waals surface area contributed by atoms with Gasteiger partial charge < -0.3 is 10.6 Å². The molecular weight excluding hydrogens is 360 g/mol. The van der Waals surface area contributed by atoms with Gasteiger partial charge in [-0.25, -0.2) is 4.68 Å². The maximum atomic E-state index is 12.8. The zero-order chi connectivity index (χ0) is 18.7. The first kappa shape index (κ1) is 21.2. The number of rotatable bonds is 4. The Balaban J connectivity index is 0.00000261. The van der Waals surface area contributed by atoms with E-state index in [1.165, 1.54) is 11.1 Å². The molecule has 146 valence electrons. The first-order valence-electron chi connectivity index (χ1n) is 9.18. The standard InChI is InChI=1S/C21H28N4O.ClH/c1-15-5-7-17(8-6-15)25-14-18(19(24-25)21(2,3)4)20(26)23-13-16-9-11-22-12-10-16;/h5-9,14,22H,10-13H2,1-4H3,(H,23,26);1H. The summed E-state index contributed by atoms with van der Waals surface area (Å²) in [4.78, 5) is 12.8. The number of carbonyl (C=O) groups is 1. The van der Waals surface area contributed by atoms with Crippen molar-refractivity contribution in [3.8, 4) is 5.69 Å². The predicted molar refractivity (Wildman–Crippen MR) is 112 cm³/mol. The lowest BCUT2D eigenvalue weighted by Crippen LogP contribution is -2.31. The van der Waals surface area contributed by atoms with Crippen molar-refractivity contribution < 1.29 is 4.79 Å². The van der Waals surface area contributed by atoms with Crippen LogP contribution >= 0.6 is 12.4 Å². The van der Waals surface area contributed by atoms with E-state index in [0.717, 1.165) is 30.9 Å². The fourth-order valence-electron chi connectivity index (χ4n) is 3.04. The van der Waals surface area contributed by atoms with Crippen molar-refractivity contribution in [2.75, 3.05) is 19.6 Å². The minimum absolute atomic E-state index is 0. The van der Waals surface area contributed by atoms with Crippen LogP contribution in [-0.4, -0.2) is 35.3 Å². The zero-order valence-corrected chi connectivity index (χ0v) is 17.3. The molecule has 1 aromatic carbocycles. The molecule has 1 aliphatic rings. The molecule has 0 saturated heterocycles. The molecule has 2 aromatic rings. The van der Waals surface area contributed by atoms with Gasteiger partial charge in [0.2, 0.25) is 0 Å². The Bertz CT molecular complexity index is 816. The molecule has 0 fully saturated rings. The van der Waals surface area contributed by atoms with Crippen LogP contribution in [-0.2, 0) is 5.41 Å². The van der Waals surface area contributed by atoms with Gasteiger partial charge in [-0.05, 0) is 32.0 Å². The Morgan fingerprint density at radius 1 is 1.26 bits per heavy atom. The number of nitrogens with zero attached hydrogens (tertiary/aromatic N) is 2. The van der Waals surface area contributed by atoms with Gasteiger partial charge in [0.25, 0.3) is 5.91 Å². The maximum Gasteiger partial charge on any atom is 0.255 e. The van der Waals surface area contributed by atoms with Crippen molar-refractivity contribution >= 4 is 18.3 Å². The Morgan fingerprint density at radius 3 is 2.56 bits per heavy atom. The second-order valence-electron chi connectivity index (χ2n) is 7.92. The maximum absolute atomic E-state index is 12.8. The highest BCUT2D eigenvalue weighted by Gasteiger charge is 2.26. The smallest absolute Gasteiger partial charge is 0.255 e. The zero-order valence-electron chi connectivity index (χ0n) is 16.5. The highest BCUT2D eigenvalue weighted by atomic mass is 35.5. The third-order valence-corrected chi connectivity index (χ3v) is 4.60. The Hall–Kier alpha value is -2.11. The van der Waals surface area contributed by atoms with E-state index in [-0.39, 0.29) is 23.7 Å². The first-order chi connectivity index (χ1) is 12.3. The van der Waals surface area contributed by atoms with Crippen molar-refractivity contribution in [2.24, 2.45) is 0 Å². The summed E-state index contributed by atoms with van der Waals surface area (Å²) < 4.78 is 1.80. The molecule has 0 bridgehead atoms. The van der Waals surface area contributed by atoms with Gasteiger partial charge in [-0.3, -0.25) is 4.79 Å². The van der Waals surface area contributed by atoms with Gasteiger partial charge in [0.05, 0.1) is 16.9 Å². The monoisotopic (exact) mass is 388 g/mol. The fraction of sp³-hybridized carbons (Fsp3) is 0.429. The minimum Gasteiger partial charge on any atom is -0.348 e. The molecule has 0 atom stereocenters. The average molecular weight is 389 g/mol. The van der Waals surface area contributed by atoms with Crippen LogP contribution in [0.4, 0.5) is 0 Å². The van der Waals surface area contributed by atoms with E-state index < -0.39 is 0 Å². The predicted octanol–water partition coefficient (Wildman–Crippen LogP) is 3.55. The lowest BCUT2D eigenvalue weighted by atomic mass is 9.89. The Kier molecular flexibility index (Phi) is 6.84. The molecule has 0 saturated carbocycles. The fourth-order valence-corrected chi connectivity index (χ4v) is 3.04. The summed E-state index contributed by atoms with van der Waals surface area (Å²) in [7, 11) is 0. The molecule has 0 spiro atoms. The topological polar surface area (TPSA) is 59.0 Å². The number of carbonyl (C=O) groups excluding carboxylic acids is 1. The van der Waals surface area contributed by atoms with Crippen LogP contribution in [0.2, 0.25) is 0 Å². The summed E-state index contributed by atoms with van der Waals surface area (Å²) in [6.45, 7) is 10.8. The van der Waals surface area contributed by atoms with Gasteiger partial charge >= 0.3 is 0 Å². The number of amides is 1. The number of halogens is 1. The van der Waals surface area contributed by atoms with E-state index in [2.05, 4.69) is 56.5 Å². The molecule has 5 nitrogen and oxygen atoms in total. The number of aromatic nitrogens is 2. The van der Waals surface area contributed by atoms with Crippen molar-refractivity contribution in [1.82, 2.24) is 20.4 Å². The number of aryl methyl sites for hydroxylation is 1. The summed E-state index contributed by atoms with van der Waals surface area (Å²) in [6.07, 6.45) is 4.98. The third-order valence-electron chi connectivity index (χ3n) is 4.60. The third kappa shape index (κ3) is 5.21. The van der Waals surface area contributed by atoms with Gasteiger partial charge in [0.15, 0.2) is 0 Å². The first-order valence-corrected chi connectivity index (χ1v) is 9.18. The highest BCUT2D eigenvalue weighted by molar-refractivity contribution is 5.95. The molecule has 3 rings (SSSR count). The lowest BCUT2D eigenvalue weighted by molar-refractivity contribution is 0.0954. The van der Waals surface area contributed by atoms with Gasteiger partial charge in [0, 0.05) is 24.7 Å². The normalized spacial score (nSPS) is 14.3. The number of hydrogen-bond acceptors (Lipinski definition) is 3. The molecule has 1 aromatic heterocycles. The van der Waals surface area contributed by atoms with E-state index in [1.807, 2.05) is 18.3 Å². The van der Waals surface area contributed by atoms with Crippen LogP contribution in [0.5, 0.6) is 0 Å². The van der Waals surface area contributed by atoms with Crippen LogP contribution in [0.1, 0.15) is 48.8 Å². The van der Waals surface area contributed by atoms with Gasteiger partial charge in [0.1, 0.15) is 0 Å². The molecule has 6 heteroatoms.